The molecule has 0 atom stereocenters. The first kappa shape index (κ1) is 60.7. The first-order chi connectivity index (χ1) is 43.4. The van der Waals surface area contributed by atoms with Crippen LogP contribution in [0.25, 0.3) is 32.7 Å². The summed E-state index contributed by atoms with van der Waals surface area (Å²) < 4.78 is 11.1. The number of hydrogen-bond acceptors (Lipinski definition) is 22. The zero-order valence-electron chi connectivity index (χ0n) is 48.5. The van der Waals surface area contributed by atoms with Gasteiger partial charge in [-0.1, -0.05) is 75.1 Å². The van der Waals surface area contributed by atoms with Gasteiger partial charge in [-0.25, -0.2) is 29.9 Å². The number of fused-ring (bicyclic) bond motifs is 3. The van der Waals surface area contributed by atoms with Gasteiger partial charge < -0.3 is 52.4 Å². The second-order valence-corrected chi connectivity index (χ2v) is 20.1. The number of nitrogens with one attached hydrogen (secondary N) is 3. The molecule has 12 aromatic rings. The molecular formula is C62H59Cl2N21O4. The van der Waals surface area contributed by atoms with Crippen LogP contribution < -0.4 is 37.9 Å². The van der Waals surface area contributed by atoms with E-state index in [0.717, 1.165) is 72.2 Å². The van der Waals surface area contributed by atoms with E-state index in [9.17, 15) is 0 Å². The Kier molecular flexibility index (Phi) is 19.8. The van der Waals surface area contributed by atoms with E-state index >= 15 is 0 Å². The molecule has 0 amide bonds. The maximum Gasteiger partial charge on any atom is 0.144 e. The quantitative estimate of drug-likeness (QED) is 0.0305. The van der Waals surface area contributed by atoms with Crippen molar-refractivity contribution in [3.8, 4) is 5.75 Å². The number of aromatic nitrogens is 12. The fourth-order valence-corrected chi connectivity index (χ4v) is 9.55. The highest BCUT2D eigenvalue weighted by atomic mass is 35.5. The van der Waals surface area contributed by atoms with Gasteiger partial charge in [-0.15, -0.1) is 0 Å². The molecule has 6 aromatic carbocycles. The molecule has 0 saturated heterocycles. The standard InChI is InChI=1S/C21H20ClN7O.C21H21N7O2.C20H18ClN7O/c1-2-30-27-11-18-20(23)24-13-25-21(18)28-17-6-7-19-15(9-17)10-26-29(19)12-14-4-3-5-16(22)8-14;1-29-17-5-3-4-14(8-17)12-28-19-7-6-16(9-15(19)10-25-28)27-21-18(11-26-30-2)20(22)23-13-24-21;1-29-26-10-17-19(22)23-12-24-20(17)27-16-5-6-18-14(8-16)9-25-28(18)11-13-3-2-4-15(21)7-13/h3-11,13H,2,12H2,1H3,(H3,23,24,25,28);3-11,13H,12H2,1-2H3,(H3,22,23,24,27);2-10,12H,11H2,1H3,(H3,22,23,24,27)/b27-11+;26-11+;26-10+. The monoisotopic (exact) mass is 1230 g/mol. The molecule has 0 unspecified atom stereocenters. The highest BCUT2D eigenvalue weighted by molar-refractivity contribution is 6.31. The van der Waals surface area contributed by atoms with Crippen LogP contribution in [0.1, 0.15) is 40.3 Å². The van der Waals surface area contributed by atoms with Crippen molar-refractivity contribution in [2.75, 3.05) is 61.1 Å². The van der Waals surface area contributed by atoms with Crippen LogP contribution in [0, 0.1) is 0 Å². The van der Waals surface area contributed by atoms with Gasteiger partial charge in [0.25, 0.3) is 0 Å². The van der Waals surface area contributed by atoms with Crippen molar-refractivity contribution in [2.45, 2.75) is 26.6 Å². The third-order valence-corrected chi connectivity index (χ3v) is 13.8. The van der Waals surface area contributed by atoms with E-state index in [1.165, 1.54) is 51.8 Å². The van der Waals surface area contributed by atoms with Gasteiger partial charge in [0.15, 0.2) is 0 Å². The van der Waals surface area contributed by atoms with E-state index < -0.39 is 0 Å². The Labute approximate surface area is 519 Å². The minimum Gasteiger partial charge on any atom is -0.497 e. The summed E-state index contributed by atoms with van der Waals surface area (Å²) in [5, 5.41) is 39.1. The predicted molar refractivity (Wildman–Crippen MR) is 350 cm³/mol. The molecule has 0 radical (unpaired) electrons. The minimum atomic E-state index is 0.304. The first-order valence-electron chi connectivity index (χ1n) is 27.3. The number of nitrogen functional groups attached to an aromatic ring is 3. The van der Waals surface area contributed by atoms with Crippen molar-refractivity contribution in [2.24, 2.45) is 15.5 Å². The smallest absolute Gasteiger partial charge is 0.144 e. The Balaban J connectivity index is 0.000000147. The van der Waals surface area contributed by atoms with Crippen LogP contribution in [0.2, 0.25) is 10.0 Å². The van der Waals surface area contributed by atoms with Gasteiger partial charge in [-0.05, 0) is 115 Å². The molecule has 0 aliphatic carbocycles. The van der Waals surface area contributed by atoms with Crippen molar-refractivity contribution in [1.82, 2.24) is 59.2 Å². The average molecular weight is 1230 g/mol. The van der Waals surface area contributed by atoms with Crippen LogP contribution in [0.15, 0.2) is 180 Å². The number of nitrogens with two attached hydrogens (primary N) is 3. The lowest BCUT2D eigenvalue weighted by Gasteiger charge is -2.10. The second-order valence-electron chi connectivity index (χ2n) is 19.3. The number of ether oxygens (including phenoxy) is 1. The molecule has 0 spiro atoms. The SMILES string of the molecule is CCO/N=C/c1c(N)ncnc1Nc1ccc2c(cnn2Cc2cccc(Cl)c2)c1.CO/N=C/c1c(N)ncnc1Nc1ccc2c(cnn2Cc2cccc(Cl)c2)c1.CO/N=C/c1c(N)ncnc1Nc1ccc2c(cnn2Cc2cccc(OC)c2)c1. The molecule has 0 bridgehead atoms. The number of anilines is 9. The maximum absolute atomic E-state index is 6.09. The number of oxime groups is 3. The van der Waals surface area contributed by atoms with E-state index in [2.05, 4.69) is 82.7 Å². The minimum absolute atomic E-state index is 0.304. The Morgan fingerprint density at radius 2 is 0.831 bits per heavy atom. The van der Waals surface area contributed by atoms with Crippen LogP contribution in [0.4, 0.5) is 52.0 Å². The van der Waals surface area contributed by atoms with Crippen molar-refractivity contribution in [1.29, 1.82) is 0 Å². The summed E-state index contributed by atoms with van der Waals surface area (Å²) in [6.45, 7) is 4.23. The summed E-state index contributed by atoms with van der Waals surface area (Å²) >= 11 is 12.2. The molecule has 0 aliphatic heterocycles. The maximum atomic E-state index is 6.09. The molecule has 89 heavy (non-hydrogen) atoms. The van der Waals surface area contributed by atoms with Crippen LogP contribution >= 0.6 is 23.2 Å². The van der Waals surface area contributed by atoms with Crippen molar-refractivity contribution in [3.05, 3.63) is 208 Å². The topological polar surface area (TPSA) is 319 Å². The molecule has 12 rings (SSSR count). The molecule has 0 saturated carbocycles. The largest absolute Gasteiger partial charge is 0.497 e. The van der Waals surface area contributed by atoms with Crippen molar-refractivity contribution < 1.29 is 19.2 Å². The number of rotatable bonds is 20. The summed E-state index contributed by atoms with van der Waals surface area (Å²) in [7, 11) is 4.58. The Morgan fingerprint density at radius 3 is 1.19 bits per heavy atom. The molecule has 25 nitrogen and oxygen atoms in total. The van der Waals surface area contributed by atoms with Crippen LogP contribution in [0.5, 0.6) is 5.75 Å². The van der Waals surface area contributed by atoms with Gasteiger partial charge >= 0.3 is 0 Å². The summed E-state index contributed by atoms with van der Waals surface area (Å²) in [6, 6.07) is 41.4. The van der Waals surface area contributed by atoms with E-state index in [1.807, 2.05) is 161 Å². The first-order valence-corrected chi connectivity index (χ1v) is 28.1. The Bertz CT molecular complexity index is 4490. The third-order valence-electron chi connectivity index (χ3n) is 13.3. The average Bonchev–Trinajstić information content (AvgIpc) is 3.00. The number of halogens is 2. The predicted octanol–water partition coefficient (Wildman–Crippen LogP) is 11.2. The second kappa shape index (κ2) is 29.1. The third kappa shape index (κ3) is 15.5. The summed E-state index contributed by atoms with van der Waals surface area (Å²) in [6.07, 6.45) is 14.1. The zero-order chi connectivity index (χ0) is 62.1. The lowest BCUT2D eigenvalue weighted by molar-refractivity contribution is 0.160. The van der Waals surface area contributed by atoms with Gasteiger partial charge in [-0.3, -0.25) is 14.0 Å². The molecule has 9 N–H and O–H groups in total. The highest BCUT2D eigenvalue weighted by Gasteiger charge is 2.14. The van der Waals surface area contributed by atoms with Crippen LogP contribution in [0.3, 0.4) is 0 Å². The number of nitrogens with zero attached hydrogens (tertiary/aromatic N) is 15. The van der Waals surface area contributed by atoms with Gasteiger partial charge in [0.2, 0.25) is 0 Å². The summed E-state index contributed by atoms with van der Waals surface area (Å²) in [5.74, 6) is 3.35. The lowest BCUT2D eigenvalue weighted by atomic mass is 10.2. The zero-order valence-corrected chi connectivity index (χ0v) is 50.0. The van der Waals surface area contributed by atoms with E-state index in [4.69, 9.17) is 59.7 Å². The Morgan fingerprint density at radius 1 is 0.461 bits per heavy atom. The Hall–Kier alpha value is -11.4. The van der Waals surface area contributed by atoms with Crippen LogP contribution in [-0.4, -0.2) is 106 Å². The van der Waals surface area contributed by atoms with Crippen molar-refractivity contribution in [3.63, 3.8) is 0 Å². The normalized spacial score (nSPS) is 11.2. The highest BCUT2D eigenvalue weighted by Crippen LogP contribution is 2.29. The van der Waals surface area contributed by atoms with Crippen LogP contribution in [-0.2, 0) is 34.1 Å². The van der Waals surface area contributed by atoms with Gasteiger partial charge in [0.05, 0.1) is 97.2 Å². The lowest BCUT2D eigenvalue weighted by Crippen LogP contribution is -2.05. The van der Waals surface area contributed by atoms with Gasteiger partial charge in [0, 0.05) is 43.3 Å². The molecule has 6 aromatic heterocycles. The van der Waals surface area contributed by atoms with Gasteiger partial charge in [-0.2, -0.15) is 15.3 Å². The summed E-state index contributed by atoms with van der Waals surface area (Å²) in [4.78, 5) is 39.3. The molecule has 6 heterocycles. The van der Waals surface area contributed by atoms with E-state index in [1.54, 1.807) is 7.11 Å². The number of methoxy groups -OCH3 is 1. The number of benzene rings is 6. The molecule has 0 aliphatic rings. The van der Waals surface area contributed by atoms with E-state index in [0.29, 0.717) is 87.9 Å². The molecule has 27 heteroatoms. The van der Waals surface area contributed by atoms with Crippen molar-refractivity contribution >= 4 is 127 Å². The van der Waals surface area contributed by atoms with E-state index in [-0.39, 0.29) is 0 Å². The fourth-order valence-electron chi connectivity index (χ4n) is 9.13. The van der Waals surface area contributed by atoms with Gasteiger partial charge in [0.1, 0.15) is 80.5 Å². The molecular weight excluding hydrogens is 1170 g/mol. The molecule has 450 valence electrons. The number of hydrogen-bond donors (Lipinski definition) is 6. The molecule has 0 fully saturated rings. The summed E-state index contributed by atoms with van der Waals surface area (Å²) in [5.41, 5.74) is 28.4. The fraction of sp³-hybridized carbons (Fsp3) is 0.129.